The highest BCUT2D eigenvalue weighted by Crippen LogP contribution is 2.25. The van der Waals surface area contributed by atoms with E-state index in [9.17, 15) is 9.18 Å². The summed E-state index contributed by atoms with van der Waals surface area (Å²) in [6, 6.07) is 4.46. The van der Waals surface area contributed by atoms with Crippen molar-refractivity contribution in [2.75, 3.05) is 5.32 Å². The SMILES string of the molecule is Cn1cc(Cl)c(C(=O)Nc2nn(Cc3c(F)cccc3Cl)cc2Br)n1. The Morgan fingerprint density at radius 3 is 2.68 bits per heavy atom. The van der Waals surface area contributed by atoms with E-state index in [1.807, 2.05) is 0 Å². The van der Waals surface area contributed by atoms with Crippen LogP contribution >= 0.6 is 39.1 Å². The summed E-state index contributed by atoms with van der Waals surface area (Å²) in [5, 5.41) is 11.4. The summed E-state index contributed by atoms with van der Waals surface area (Å²) < 4.78 is 17.3. The molecule has 0 bridgehead atoms. The minimum atomic E-state index is -0.500. The van der Waals surface area contributed by atoms with Crippen molar-refractivity contribution in [2.24, 2.45) is 7.05 Å². The lowest BCUT2D eigenvalue weighted by molar-refractivity contribution is 0.102. The van der Waals surface area contributed by atoms with Crippen LogP contribution in [0.15, 0.2) is 35.1 Å². The van der Waals surface area contributed by atoms with Crippen LogP contribution in [0.5, 0.6) is 0 Å². The average Bonchev–Trinajstić information content (AvgIpc) is 3.05. The molecular weight excluding hydrogens is 436 g/mol. The standard InChI is InChI=1S/C15H11BrCl2FN5O/c1-23-7-11(18)13(21-23)15(25)20-14-9(16)6-24(22-14)5-8-10(17)3-2-4-12(8)19/h2-4,6-7H,5H2,1H3,(H,20,22,25). The third-order valence-corrected chi connectivity index (χ3v) is 4.54. The summed E-state index contributed by atoms with van der Waals surface area (Å²) in [5.74, 6) is -0.662. The number of anilines is 1. The number of carbonyl (C=O) groups excluding carboxylic acids is 1. The van der Waals surface area contributed by atoms with E-state index in [1.54, 1.807) is 19.3 Å². The van der Waals surface area contributed by atoms with Crippen LogP contribution in [0, 0.1) is 5.82 Å². The molecule has 0 atom stereocenters. The van der Waals surface area contributed by atoms with Gasteiger partial charge in [-0.3, -0.25) is 14.2 Å². The van der Waals surface area contributed by atoms with Crippen molar-refractivity contribution in [3.8, 4) is 0 Å². The second-order valence-electron chi connectivity index (χ2n) is 5.18. The predicted molar refractivity (Wildman–Crippen MR) is 96.6 cm³/mol. The zero-order chi connectivity index (χ0) is 18.1. The van der Waals surface area contributed by atoms with Gasteiger partial charge >= 0.3 is 0 Å². The molecule has 6 nitrogen and oxygen atoms in total. The smallest absolute Gasteiger partial charge is 0.278 e. The molecule has 0 aliphatic heterocycles. The maximum Gasteiger partial charge on any atom is 0.278 e. The highest BCUT2D eigenvalue weighted by molar-refractivity contribution is 9.10. The summed E-state index contributed by atoms with van der Waals surface area (Å²) in [6.07, 6.45) is 3.13. The summed E-state index contributed by atoms with van der Waals surface area (Å²) in [6.45, 7) is 0.115. The first kappa shape index (κ1) is 17.9. The summed E-state index contributed by atoms with van der Waals surface area (Å²) in [7, 11) is 1.66. The van der Waals surface area contributed by atoms with Gasteiger partial charge in [0.15, 0.2) is 11.5 Å². The van der Waals surface area contributed by atoms with Gasteiger partial charge in [-0.1, -0.05) is 29.3 Å². The Hall–Kier alpha value is -1.90. The number of benzene rings is 1. The zero-order valence-corrected chi connectivity index (χ0v) is 15.9. The highest BCUT2D eigenvalue weighted by atomic mass is 79.9. The van der Waals surface area contributed by atoms with Crippen molar-refractivity contribution in [1.29, 1.82) is 0 Å². The van der Waals surface area contributed by atoms with E-state index < -0.39 is 11.7 Å². The van der Waals surface area contributed by atoms with Crippen molar-refractivity contribution < 1.29 is 9.18 Å². The molecule has 2 heterocycles. The summed E-state index contributed by atoms with van der Waals surface area (Å²) in [4.78, 5) is 12.3. The number of nitrogens with one attached hydrogen (secondary N) is 1. The number of carbonyl (C=O) groups is 1. The molecule has 2 aromatic heterocycles. The number of aromatic nitrogens is 4. The predicted octanol–water partition coefficient (Wildman–Crippen LogP) is 4.13. The van der Waals surface area contributed by atoms with Crippen LogP contribution in [-0.2, 0) is 13.6 Å². The number of hydrogen-bond acceptors (Lipinski definition) is 3. The van der Waals surface area contributed by atoms with Crippen LogP contribution in [0.25, 0.3) is 0 Å². The molecule has 0 radical (unpaired) electrons. The Bertz CT molecular complexity index is 935. The topological polar surface area (TPSA) is 64.7 Å². The molecule has 1 aromatic carbocycles. The molecule has 0 saturated carbocycles. The Morgan fingerprint density at radius 1 is 1.28 bits per heavy atom. The summed E-state index contributed by atoms with van der Waals surface area (Å²) in [5.41, 5.74) is 0.396. The number of halogens is 4. The number of rotatable bonds is 4. The van der Waals surface area contributed by atoms with Crippen LogP contribution in [-0.4, -0.2) is 25.5 Å². The molecule has 0 spiro atoms. The fraction of sp³-hybridized carbons (Fsp3) is 0.133. The number of nitrogens with zero attached hydrogens (tertiary/aromatic N) is 4. The van der Waals surface area contributed by atoms with Crippen molar-refractivity contribution in [3.05, 3.63) is 62.2 Å². The van der Waals surface area contributed by atoms with E-state index in [4.69, 9.17) is 23.2 Å². The molecular formula is C15H11BrCl2FN5O. The van der Waals surface area contributed by atoms with Gasteiger partial charge in [0.2, 0.25) is 0 Å². The Morgan fingerprint density at radius 2 is 2.04 bits per heavy atom. The zero-order valence-electron chi connectivity index (χ0n) is 12.8. The third kappa shape index (κ3) is 3.86. The van der Waals surface area contributed by atoms with Gasteiger partial charge in [0.05, 0.1) is 16.0 Å². The van der Waals surface area contributed by atoms with Gasteiger partial charge in [-0.25, -0.2) is 4.39 Å². The van der Waals surface area contributed by atoms with Crippen LogP contribution < -0.4 is 5.32 Å². The first-order chi connectivity index (χ1) is 11.8. The third-order valence-electron chi connectivity index (χ3n) is 3.33. The first-order valence-corrected chi connectivity index (χ1v) is 8.56. The largest absolute Gasteiger partial charge is 0.303 e. The molecule has 0 unspecified atom stereocenters. The Kier molecular flexibility index (Phi) is 5.12. The van der Waals surface area contributed by atoms with E-state index in [2.05, 4.69) is 31.4 Å². The van der Waals surface area contributed by atoms with E-state index in [1.165, 1.54) is 27.7 Å². The van der Waals surface area contributed by atoms with Gasteiger partial charge in [-0.2, -0.15) is 10.2 Å². The second-order valence-corrected chi connectivity index (χ2v) is 6.85. The van der Waals surface area contributed by atoms with Gasteiger partial charge in [-0.15, -0.1) is 0 Å². The Labute approximate surface area is 160 Å². The quantitative estimate of drug-likeness (QED) is 0.655. The molecule has 25 heavy (non-hydrogen) atoms. The van der Waals surface area contributed by atoms with Crippen molar-refractivity contribution in [1.82, 2.24) is 19.6 Å². The monoisotopic (exact) mass is 445 g/mol. The van der Waals surface area contributed by atoms with Crippen LogP contribution in [0.2, 0.25) is 10.0 Å². The fourth-order valence-electron chi connectivity index (χ4n) is 2.19. The van der Waals surface area contributed by atoms with Crippen LogP contribution in [0.4, 0.5) is 10.2 Å². The van der Waals surface area contributed by atoms with Gasteiger partial charge in [-0.05, 0) is 28.1 Å². The van der Waals surface area contributed by atoms with Crippen molar-refractivity contribution in [3.63, 3.8) is 0 Å². The number of amides is 1. The highest BCUT2D eigenvalue weighted by Gasteiger charge is 2.18. The summed E-state index contributed by atoms with van der Waals surface area (Å²) >= 11 is 15.3. The molecule has 0 aliphatic rings. The molecule has 130 valence electrons. The number of hydrogen-bond donors (Lipinski definition) is 1. The van der Waals surface area contributed by atoms with Crippen molar-refractivity contribution in [2.45, 2.75) is 6.54 Å². The second kappa shape index (κ2) is 7.15. The lowest BCUT2D eigenvalue weighted by atomic mass is 10.2. The normalized spacial score (nSPS) is 10.9. The fourth-order valence-corrected chi connectivity index (χ4v) is 3.09. The molecule has 0 aliphatic carbocycles. The van der Waals surface area contributed by atoms with Gasteiger partial charge in [0.1, 0.15) is 5.82 Å². The molecule has 3 rings (SSSR count). The minimum Gasteiger partial charge on any atom is -0.303 e. The lowest BCUT2D eigenvalue weighted by Gasteiger charge is -2.06. The van der Waals surface area contributed by atoms with Crippen LogP contribution in [0.3, 0.4) is 0 Å². The Balaban J connectivity index is 1.81. The molecule has 0 saturated heterocycles. The molecule has 1 N–H and O–H groups in total. The van der Waals surface area contributed by atoms with Crippen molar-refractivity contribution >= 4 is 50.9 Å². The van der Waals surface area contributed by atoms with E-state index >= 15 is 0 Å². The van der Waals surface area contributed by atoms with E-state index in [0.29, 0.717) is 15.1 Å². The van der Waals surface area contributed by atoms with Crippen LogP contribution in [0.1, 0.15) is 16.1 Å². The lowest BCUT2D eigenvalue weighted by Crippen LogP contribution is -2.14. The minimum absolute atomic E-state index is 0.0859. The number of aryl methyl sites for hydroxylation is 1. The first-order valence-electron chi connectivity index (χ1n) is 7.01. The average molecular weight is 447 g/mol. The molecule has 1 amide bonds. The van der Waals surface area contributed by atoms with E-state index in [0.717, 1.165) is 0 Å². The maximum absolute atomic E-state index is 13.9. The van der Waals surface area contributed by atoms with Gasteiger partial charge in [0, 0.05) is 30.0 Å². The molecule has 0 fully saturated rings. The molecule has 3 aromatic rings. The van der Waals surface area contributed by atoms with Gasteiger partial charge < -0.3 is 5.32 Å². The maximum atomic E-state index is 13.9. The van der Waals surface area contributed by atoms with E-state index in [-0.39, 0.29) is 23.1 Å². The molecule has 10 heteroatoms. The van der Waals surface area contributed by atoms with Gasteiger partial charge in [0.25, 0.3) is 5.91 Å².